The van der Waals surface area contributed by atoms with Crippen molar-refractivity contribution in [3.05, 3.63) is 99.6 Å². The Morgan fingerprint density at radius 2 is 1.84 bits per heavy atom. The molecular formula is C26H25ClN2O3. The molecule has 3 aromatic rings. The number of phenols is 1. The zero-order valence-electron chi connectivity index (χ0n) is 18.0. The van der Waals surface area contributed by atoms with E-state index in [1.807, 2.05) is 12.1 Å². The maximum absolute atomic E-state index is 11.8. The van der Waals surface area contributed by atoms with E-state index >= 15 is 0 Å². The monoisotopic (exact) mass is 448 g/mol. The number of halogens is 1. The number of ether oxygens (including phenoxy) is 1. The first-order chi connectivity index (χ1) is 15.5. The van der Waals surface area contributed by atoms with Gasteiger partial charge in [-0.2, -0.15) is 0 Å². The Kier molecular flexibility index (Phi) is 6.58. The molecule has 0 aromatic heterocycles. The lowest BCUT2D eigenvalue weighted by Crippen LogP contribution is -2.33. The van der Waals surface area contributed by atoms with E-state index in [-0.39, 0.29) is 23.9 Å². The summed E-state index contributed by atoms with van der Waals surface area (Å²) in [5.74, 6) is -0.190. The minimum Gasteiger partial charge on any atom is -0.508 e. The van der Waals surface area contributed by atoms with Crippen LogP contribution in [0.2, 0.25) is 5.02 Å². The second-order valence-corrected chi connectivity index (χ2v) is 8.21. The molecule has 0 fully saturated rings. The Labute approximate surface area is 192 Å². The van der Waals surface area contributed by atoms with E-state index in [4.69, 9.17) is 21.3 Å². The highest BCUT2D eigenvalue weighted by Gasteiger charge is 2.28. The van der Waals surface area contributed by atoms with Crippen molar-refractivity contribution in [2.45, 2.75) is 32.0 Å². The van der Waals surface area contributed by atoms with Gasteiger partial charge in [0.15, 0.2) is 0 Å². The van der Waals surface area contributed by atoms with Gasteiger partial charge in [-0.05, 0) is 53.4 Å². The van der Waals surface area contributed by atoms with Gasteiger partial charge in [0, 0.05) is 28.8 Å². The van der Waals surface area contributed by atoms with Gasteiger partial charge in [0.25, 0.3) is 0 Å². The van der Waals surface area contributed by atoms with Crippen LogP contribution in [0.25, 0.3) is 0 Å². The van der Waals surface area contributed by atoms with Crippen LogP contribution in [0.15, 0.2) is 71.7 Å². The van der Waals surface area contributed by atoms with Gasteiger partial charge in [-0.3, -0.25) is 10.3 Å². The Hall–Kier alpha value is -3.15. The number of nitrogens with one attached hydrogen (secondary N) is 1. The Balaban J connectivity index is 1.72. The molecule has 1 aliphatic rings. The molecule has 0 bridgehead atoms. The second-order valence-electron chi connectivity index (χ2n) is 7.77. The largest absolute Gasteiger partial charge is 0.508 e. The van der Waals surface area contributed by atoms with Crippen LogP contribution < -0.4 is 5.32 Å². The maximum Gasteiger partial charge on any atom is 0.337 e. The molecule has 0 amide bonds. The number of methoxy groups -OCH3 is 1. The quantitative estimate of drug-likeness (QED) is 0.497. The summed E-state index contributed by atoms with van der Waals surface area (Å²) in [6.07, 6.45) is 1.23. The number of nitrogens with zero attached hydrogens (tertiary/aromatic N) is 1. The predicted octanol–water partition coefficient (Wildman–Crippen LogP) is 5.62. The summed E-state index contributed by atoms with van der Waals surface area (Å²) >= 11 is 6.22. The lowest BCUT2D eigenvalue weighted by Gasteiger charge is -2.31. The number of phenolic OH excluding ortho intramolecular Hbond substituents is 1. The third kappa shape index (κ3) is 4.69. The molecule has 4 rings (SSSR count). The first-order valence-electron chi connectivity index (χ1n) is 10.6. The molecule has 1 heterocycles. The summed E-state index contributed by atoms with van der Waals surface area (Å²) in [7, 11) is 1.36. The fraction of sp³-hybridized carbons (Fsp3) is 0.231. The van der Waals surface area contributed by atoms with Crippen molar-refractivity contribution < 1.29 is 14.6 Å². The van der Waals surface area contributed by atoms with Crippen LogP contribution in [-0.2, 0) is 11.2 Å². The topological polar surface area (TPSA) is 70.9 Å². The van der Waals surface area contributed by atoms with Gasteiger partial charge in [-0.15, -0.1) is 0 Å². The van der Waals surface area contributed by atoms with Crippen LogP contribution in [0.4, 0.5) is 0 Å². The molecule has 3 aromatic carbocycles. The minimum absolute atomic E-state index is 0.183. The fourth-order valence-electron chi connectivity index (χ4n) is 3.91. The smallest absolute Gasteiger partial charge is 0.337 e. The second kappa shape index (κ2) is 9.55. The average Bonchev–Trinajstić information content (AvgIpc) is 2.85. The van der Waals surface area contributed by atoms with Gasteiger partial charge in [-0.1, -0.05) is 54.9 Å². The molecule has 2 atom stereocenters. The SMILES string of the molecule is CCc1ccc(C2=N[C@H](c3ccc(C(=O)OC)cc3)N[C@H](c3cc(Cl)ccc3O)C2)cc1. The highest BCUT2D eigenvalue weighted by molar-refractivity contribution is 6.30. The summed E-state index contributed by atoms with van der Waals surface area (Å²) in [6, 6.07) is 20.5. The number of esters is 1. The van der Waals surface area contributed by atoms with Crippen molar-refractivity contribution in [3.63, 3.8) is 0 Å². The summed E-state index contributed by atoms with van der Waals surface area (Å²) in [6.45, 7) is 2.13. The third-order valence-electron chi connectivity index (χ3n) is 5.75. The van der Waals surface area contributed by atoms with Gasteiger partial charge >= 0.3 is 5.97 Å². The van der Waals surface area contributed by atoms with Crippen molar-refractivity contribution in [1.29, 1.82) is 0 Å². The number of benzene rings is 3. The van der Waals surface area contributed by atoms with E-state index in [0.29, 0.717) is 17.0 Å². The zero-order valence-corrected chi connectivity index (χ0v) is 18.8. The molecule has 0 radical (unpaired) electrons. The van der Waals surface area contributed by atoms with E-state index in [1.165, 1.54) is 12.7 Å². The van der Waals surface area contributed by atoms with Crippen LogP contribution in [0.1, 0.15) is 58.2 Å². The highest BCUT2D eigenvalue weighted by Crippen LogP contribution is 2.35. The summed E-state index contributed by atoms with van der Waals surface area (Å²) in [5, 5.41) is 14.6. The maximum atomic E-state index is 11.8. The molecule has 1 aliphatic heterocycles. The highest BCUT2D eigenvalue weighted by atomic mass is 35.5. The van der Waals surface area contributed by atoms with Gasteiger partial charge in [0.2, 0.25) is 0 Å². The Morgan fingerprint density at radius 3 is 2.50 bits per heavy atom. The Bertz CT molecular complexity index is 1140. The molecule has 6 heteroatoms. The molecule has 0 spiro atoms. The van der Waals surface area contributed by atoms with Crippen molar-refractivity contribution in [2.24, 2.45) is 4.99 Å². The number of aliphatic imine (C=N–C) groups is 1. The molecule has 0 saturated carbocycles. The van der Waals surface area contributed by atoms with E-state index in [2.05, 4.69) is 36.5 Å². The molecule has 164 valence electrons. The lowest BCUT2D eigenvalue weighted by atomic mass is 9.93. The van der Waals surface area contributed by atoms with Gasteiger partial charge in [0.05, 0.1) is 12.7 Å². The van der Waals surface area contributed by atoms with Crippen LogP contribution >= 0.6 is 11.6 Å². The van der Waals surface area contributed by atoms with Gasteiger partial charge in [0.1, 0.15) is 11.9 Å². The molecule has 0 saturated heterocycles. The van der Waals surface area contributed by atoms with Crippen molar-refractivity contribution >= 4 is 23.3 Å². The predicted molar refractivity (Wildman–Crippen MR) is 126 cm³/mol. The third-order valence-corrected chi connectivity index (χ3v) is 5.98. The van der Waals surface area contributed by atoms with Gasteiger partial charge < -0.3 is 9.84 Å². The first kappa shape index (κ1) is 22.1. The molecule has 0 unspecified atom stereocenters. The lowest BCUT2D eigenvalue weighted by molar-refractivity contribution is 0.0600. The fourth-order valence-corrected chi connectivity index (χ4v) is 4.09. The van der Waals surface area contributed by atoms with E-state index < -0.39 is 0 Å². The number of hydrogen-bond acceptors (Lipinski definition) is 5. The van der Waals surface area contributed by atoms with Crippen LogP contribution in [0.5, 0.6) is 5.75 Å². The minimum atomic E-state index is -0.380. The zero-order chi connectivity index (χ0) is 22.7. The summed E-state index contributed by atoms with van der Waals surface area (Å²) in [4.78, 5) is 16.8. The van der Waals surface area contributed by atoms with Crippen molar-refractivity contribution in [3.8, 4) is 5.75 Å². The van der Waals surface area contributed by atoms with Crippen LogP contribution in [0.3, 0.4) is 0 Å². The van der Waals surface area contributed by atoms with Crippen molar-refractivity contribution in [2.75, 3.05) is 7.11 Å². The van der Waals surface area contributed by atoms with E-state index in [0.717, 1.165) is 28.8 Å². The average molecular weight is 449 g/mol. The molecule has 5 nitrogen and oxygen atoms in total. The van der Waals surface area contributed by atoms with Crippen molar-refractivity contribution in [1.82, 2.24) is 5.32 Å². The van der Waals surface area contributed by atoms with Gasteiger partial charge in [-0.25, -0.2) is 4.79 Å². The number of aromatic hydroxyl groups is 1. The number of carbonyl (C=O) groups is 1. The molecular weight excluding hydrogens is 424 g/mol. The molecule has 0 aliphatic carbocycles. The standard InChI is InChI=1S/C26H25ClN2O3/c1-3-16-4-6-17(7-5-16)22-15-23(21-14-20(27)12-13-24(21)30)29-25(28-22)18-8-10-19(11-9-18)26(31)32-2/h4-14,23,25,29-30H,3,15H2,1-2H3/t23-,25-/m0/s1. The number of carbonyl (C=O) groups excluding carboxylic acids is 1. The van der Waals surface area contributed by atoms with E-state index in [1.54, 1.807) is 30.3 Å². The number of rotatable bonds is 5. The van der Waals surface area contributed by atoms with Crippen LogP contribution in [-0.4, -0.2) is 23.9 Å². The number of hydrogen-bond donors (Lipinski definition) is 2. The molecule has 2 N–H and O–H groups in total. The first-order valence-corrected chi connectivity index (χ1v) is 10.9. The Morgan fingerprint density at radius 1 is 1.12 bits per heavy atom. The summed E-state index contributed by atoms with van der Waals surface area (Å²) in [5.41, 5.74) is 5.37. The van der Waals surface area contributed by atoms with Crippen LogP contribution in [0, 0.1) is 0 Å². The normalized spacial score (nSPS) is 18.2. The number of aryl methyl sites for hydroxylation is 1. The van der Waals surface area contributed by atoms with E-state index in [9.17, 15) is 9.90 Å². The molecule has 32 heavy (non-hydrogen) atoms. The summed E-state index contributed by atoms with van der Waals surface area (Å²) < 4.78 is 4.79.